The first-order chi connectivity index (χ1) is 15.3. The highest BCUT2D eigenvalue weighted by Crippen LogP contribution is 2.48. The molecular weight excluding hydrogens is 407 g/mol. The molecule has 2 fully saturated rings. The minimum atomic E-state index is -0.547. The number of piperidine rings is 1. The minimum absolute atomic E-state index is 0.0250. The molecule has 1 saturated carbocycles. The Labute approximate surface area is 188 Å². The zero-order chi connectivity index (χ0) is 22.7. The fourth-order valence-corrected chi connectivity index (χ4v) is 4.89. The standard InChI is InChI=1S/C13H10FN5O.C11H21N/c1-7-15-6-11(18-17-7)9-3-2-8(4-12(9)20)10-5-16-19-13(10)14;1-10-3-4-11(9-10)5-7-12(2)8-6-11/h2-6,20H,1H3,(H,16,19);10H,3-9H2,1-2H3. The number of hydrogen-bond donors (Lipinski definition) is 2. The molecule has 3 aromatic rings. The van der Waals surface area contributed by atoms with Crippen molar-refractivity contribution in [3.63, 3.8) is 0 Å². The van der Waals surface area contributed by atoms with Crippen LogP contribution in [0.1, 0.15) is 44.9 Å². The van der Waals surface area contributed by atoms with E-state index in [-0.39, 0.29) is 5.75 Å². The molecule has 0 amide bonds. The molecule has 0 radical (unpaired) electrons. The highest BCUT2D eigenvalue weighted by molar-refractivity contribution is 5.73. The van der Waals surface area contributed by atoms with Crippen LogP contribution in [0.2, 0.25) is 0 Å². The predicted octanol–water partition coefficient (Wildman–Crippen LogP) is 4.60. The molecule has 7 nitrogen and oxygen atoms in total. The third kappa shape index (κ3) is 4.96. The van der Waals surface area contributed by atoms with Gasteiger partial charge in [0.2, 0.25) is 5.95 Å². The summed E-state index contributed by atoms with van der Waals surface area (Å²) in [5, 5.41) is 23.7. The Morgan fingerprint density at radius 1 is 1.12 bits per heavy atom. The second-order valence-electron chi connectivity index (χ2n) is 9.37. The highest BCUT2D eigenvalue weighted by Gasteiger charge is 2.38. The molecule has 8 heteroatoms. The van der Waals surface area contributed by atoms with E-state index in [0.29, 0.717) is 28.2 Å². The van der Waals surface area contributed by atoms with Gasteiger partial charge in [-0.3, -0.25) is 5.10 Å². The molecule has 1 atom stereocenters. The van der Waals surface area contributed by atoms with Gasteiger partial charge in [-0.15, -0.1) is 10.2 Å². The molecule has 32 heavy (non-hydrogen) atoms. The number of aromatic hydroxyl groups is 1. The Hall–Kier alpha value is -2.87. The zero-order valence-electron chi connectivity index (χ0n) is 19.0. The van der Waals surface area contributed by atoms with E-state index in [0.717, 1.165) is 11.3 Å². The van der Waals surface area contributed by atoms with Crippen LogP contribution in [-0.4, -0.2) is 55.5 Å². The first-order valence-electron chi connectivity index (χ1n) is 11.2. The molecule has 3 heterocycles. The summed E-state index contributed by atoms with van der Waals surface area (Å²) in [4.78, 5) is 6.50. The van der Waals surface area contributed by atoms with Crippen molar-refractivity contribution in [2.24, 2.45) is 11.3 Å². The van der Waals surface area contributed by atoms with E-state index < -0.39 is 5.95 Å². The summed E-state index contributed by atoms with van der Waals surface area (Å²) in [6.07, 6.45) is 10.3. The number of aromatic amines is 1. The van der Waals surface area contributed by atoms with Crippen molar-refractivity contribution in [2.75, 3.05) is 20.1 Å². The Kier molecular flexibility index (Phi) is 6.50. The molecule has 2 aliphatic rings. The van der Waals surface area contributed by atoms with Gasteiger partial charge in [0.05, 0.1) is 18.0 Å². The Morgan fingerprint density at radius 2 is 1.91 bits per heavy atom. The van der Waals surface area contributed by atoms with Crippen LogP contribution in [-0.2, 0) is 0 Å². The molecule has 1 saturated heterocycles. The summed E-state index contributed by atoms with van der Waals surface area (Å²) in [5.74, 6) is 0.982. The summed E-state index contributed by atoms with van der Waals surface area (Å²) < 4.78 is 13.4. The van der Waals surface area contributed by atoms with Gasteiger partial charge in [0.25, 0.3) is 0 Å². The lowest BCUT2D eigenvalue weighted by Crippen LogP contribution is -2.36. The van der Waals surface area contributed by atoms with Gasteiger partial charge < -0.3 is 10.0 Å². The van der Waals surface area contributed by atoms with Gasteiger partial charge >= 0.3 is 0 Å². The number of nitrogens with zero attached hydrogens (tertiary/aromatic N) is 5. The van der Waals surface area contributed by atoms with E-state index in [1.54, 1.807) is 19.1 Å². The number of likely N-dealkylation sites (tertiary alicyclic amines) is 1. The van der Waals surface area contributed by atoms with Crippen LogP contribution in [0.4, 0.5) is 4.39 Å². The molecule has 1 aliphatic heterocycles. The van der Waals surface area contributed by atoms with E-state index in [2.05, 4.69) is 44.3 Å². The van der Waals surface area contributed by atoms with Crippen LogP contribution >= 0.6 is 0 Å². The van der Waals surface area contributed by atoms with Crippen LogP contribution in [0.25, 0.3) is 22.4 Å². The maximum atomic E-state index is 13.4. The summed E-state index contributed by atoms with van der Waals surface area (Å²) in [6, 6.07) is 4.76. The lowest BCUT2D eigenvalue weighted by molar-refractivity contribution is 0.124. The minimum Gasteiger partial charge on any atom is -0.507 e. The third-order valence-corrected chi connectivity index (χ3v) is 6.85. The third-order valence-electron chi connectivity index (χ3n) is 6.85. The molecule has 5 rings (SSSR count). The van der Waals surface area contributed by atoms with E-state index in [1.165, 1.54) is 63.7 Å². The number of hydrogen-bond acceptors (Lipinski definition) is 6. The van der Waals surface area contributed by atoms with Gasteiger partial charge in [-0.25, -0.2) is 4.98 Å². The maximum absolute atomic E-state index is 13.4. The monoisotopic (exact) mass is 438 g/mol. The van der Waals surface area contributed by atoms with E-state index in [1.807, 2.05) is 0 Å². The molecular formula is C24H31FN6O. The van der Waals surface area contributed by atoms with Crippen LogP contribution in [0, 0.1) is 24.2 Å². The van der Waals surface area contributed by atoms with E-state index in [9.17, 15) is 9.50 Å². The van der Waals surface area contributed by atoms with Crippen LogP contribution in [0.5, 0.6) is 5.75 Å². The van der Waals surface area contributed by atoms with Crippen molar-refractivity contribution < 1.29 is 9.50 Å². The fourth-order valence-electron chi connectivity index (χ4n) is 4.89. The topological polar surface area (TPSA) is 90.8 Å². The molecule has 2 N–H and O–H groups in total. The van der Waals surface area contributed by atoms with Crippen molar-refractivity contribution in [3.8, 4) is 28.1 Å². The number of halogens is 1. The Bertz CT molecular complexity index is 1040. The average Bonchev–Trinajstić information content (AvgIpc) is 3.37. The molecule has 1 spiro atoms. The quantitative estimate of drug-likeness (QED) is 0.608. The van der Waals surface area contributed by atoms with E-state index >= 15 is 0 Å². The maximum Gasteiger partial charge on any atom is 0.216 e. The van der Waals surface area contributed by atoms with Gasteiger partial charge in [0, 0.05) is 5.56 Å². The fraction of sp³-hybridized carbons (Fsp3) is 0.500. The first-order valence-corrected chi connectivity index (χ1v) is 11.2. The second-order valence-corrected chi connectivity index (χ2v) is 9.37. The second kappa shape index (κ2) is 9.32. The predicted molar refractivity (Wildman–Crippen MR) is 121 cm³/mol. The number of phenolic OH excluding ortho intramolecular Hbond substituents is 1. The van der Waals surface area contributed by atoms with Gasteiger partial charge in [-0.2, -0.15) is 9.49 Å². The molecule has 1 aromatic carbocycles. The highest BCUT2D eigenvalue weighted by atomic mass is 19.1. The Balaban J connectivity index is 0.000000174. The zero-order valence-corrected chi connectivity index (χ0v) is 19.0. The van der Waals surface area contributed by atoms with Crippen molar-refractivity contribution in [1.29, 1.82) is 0 Å². The number of rotatable bonds is 2. The normalized spacial score (nSPS) is 20.2. The van der Waals surface area contributed by atoms with Crippen LogP contribution in [0.15, 0.2) is 30.6 Å². The lowest BCUT2D eigenvalue weighted by atomic mass is 9.76. The van der Waals surface area contributed by atoms with Crippen LogP contribution < -0.4 is 0 Å². The number of aromatic nitrogens is 5. The molecule has 170 valence electrons. The van der Waals surface area contributed by atoms with Crippen molar-refractivity contribution in [1.82, 2.24) is 30.3 Å². The van der Waals surface area contributed by atoms with E-state index in [4.69, 9.17) is 0 Å². The van der Waals surface area contributed by atoms with Crippen LogP contribution in [0.3, 0.4) is 0 Å². The summed E-state index contributed by atoms with van der Waals surface area (Å²) >= 11 is 0. The first kappa shape index (κ1) is 22.3. The largest absolute Gasteiger partial charge is 0.507 e. The SMILES string of the molecule is CC1CCC2(CCN(C)CC2)C1.Cc1ncc(-c2ccc(-c3cn[nH]c3F)cc2O)nn1. The number of H-pyrrole nitrogens is 1. The van der Waals surface area contributed by atoms with Gasteiger partial charge in [-0.1, -0.05) is 19.4 Å². The lowest BCUT2D eigenvalue weighted by Gasteiger charge is -2.38. The molecule has 2 aromatic heterocycles. The number of benzene rings is 1. The van der Waals surface area contributed by atoms with Gasteiger partial charge in [0.1, 0.15) is 17.3 Å². The molecule has 1 aliphatic carbocycles. The number of phenols is 1. The number of aryl methyl sites for hydroxylation is 1. The van der Waals surface area contributed by atoms with Crippen molar-refractivity contribution >= 4 is 0 Å². The van der Waals surface area contributed by atoms with Crippen molar-refractivity contribution in [2.45, 2.75) is 46.0 Å². The molecule has 0 bridgehead atoms. The summed E-state index contributed by atoms with van der Waals surface area (Å²) in [6.45, 7) is 6.83. The smallest absolute Gasteiger partial charge is 0.216 e. The van der Waals surface area contributed by atoms with Crippen molar-refractivity contribution in [3.05, 3.63) is 42.4 Å². The molecule has 1 unspecified atom stereocenters. The summed E-state index contributed by atoms with van der Waals surface area (Å²) in [5.41, 5.74) is 2.53. The van der Waals surface area contributed by atoms with Gasteiger partial charge in [0.15, 0.2) is 0 Å². The summed E-state index contributed by atoms with van der Waals surface area (Å²) in [7, 11) is 2.26. The van der Waals surface area contributed by atoms with Gasteiger partial charge in [-0.05, 0) is 81.8 Å². The number of nitrogens with one attached hydrogen (secondary N) is 1. The Morgan fingerprint density at radius 3 is 2.47 bits per heavy atom. The average molecular weight is 439 g/mol.